The molecule has 0 aliphatic carbocycles. The summed E-state index contributed by atoms with van der Waals surface area (Å²) >= 11 is 0. The average molecular weight is 267 g/mol. The molecule has 106 valence electrons. The minimum atomic E-state index is -0.185. The molecule has 6 heteroatoms. The van der Waals surface area contributed by atoms with Crippen LogP contribution in [0.4, 0.5) is 0 Å². The van der Waals surface area contributed by atoms with E-state index in [0.717, 1.165) is 12.1 Å². The van der Waals surface area contributed by atoms with Crippen molar-refractivity contribution in [2.75, 3.05) is 26.9 Å². The van der Waals surface area contributed by atoms with Crippen LogP contribution in [0, 0.1) is 0 Å². The van der Waals surface area contributed by atoms with Gasteiger partial charge < -0.3 is 20.5 Å². The predicted octanol–water partition coefficient (Wildman–Crippen LogP) is 0.113. The molecule has 1 aromatic heterocycles. The normalized spacial score (nSPS) is 11.9. The van der Waals surface area contributed by atoms with E-state index in [9.17, 15) is 4.79 Å². The Bertz CT molecular complexity index is 381. The third-order valence-electron chi connectivity index (χ3n) is 2.39. The topological polar surface area (TPSA) is 86.5 Å². The number of carbonyl (C=O) groups is 1. The molecule has 3 N–H and O–H groups in total. The maximum atomic E-state index is 11.5. The predicted molar refractivity (Wildman–Crippen MR) is 72.0 cm³/mol. The van der Waals surface area contributed by atoms with Crippen LogP contribution in [0.1, 0.15) is 12.6 Å². The van der Waals surface area contributed by atoms with E-state index in [1.807, 2.05) is 13.0 Å². The van der Waals surface area contributed by atoms with Gasteiger partial charge in [0.15, 0.2) is 6.61 Å². The maximum absolute atomic E-state index is 11.5. The minimum absolute atomic E-state index is 0.0357. The summed E-state index contributed by atoms with van der Waals surface area (Å²) in [7, 11) is 1.59. The van der Waals surface area contributed by atoms with Crippen molar-refractivity contribution in [3.05, 3.63) is 24.0 Å². The van der Waals surface area contributed by atoms with Gasteiger partial charge in [-0.3, -0.25) is 9.78 Å². The third kappa shape index (κ3) is 6.17. The number of ether oxygens (including phenoxy) is 2. The second-order valence-electron chi connectivity index (χ2n) is 4.24. The fourth-order valence-corrected chi connectivity index (χ4v) is 1.55. The van der Waals surface area contributed by atoms with Crippen molar-refractivity contribution in [3.8, 4) is 5.75 Å². The second kappa shape index (κ2) is 8.44. The van der Waals surface area contributed by atoms with Crippen LogP contribution in [-0.2, 0) is 16.0 Å². The van der Waals surface area contributed by atoms with Crippen molar-refractivity contribution in [1.29, 1.82) is 0 Å². The maximum Gasteiger partial charge on any atom is 0.258 e. The molecule has 0 aliphatic heterocycles. The summed E-state index contributed by atoms with van der Waals surface area (Å²) in [5.74, 6) is 0.380. The molecule has 0 fully saturated rings. The van der Waals surface area contributed by atoms with E-state index >= 15 is 0 Å². The Morgan fingerprint density at radius 1 is 1.53 bits per heavy atom. The van der Waals surface area contributed by atoms with Crippen molar-refractivity contribution in [3.63, 3.8) is 0 Å². The Morgan fingerprint density at radius 2 is 2.32 bits per heavy atom. The highest BCUT2D eigenvalue weighted by Crippen LogP contribution is 2.09. The van der Waals surface area contributed by atoms with Gasteiger partial charge in [-0.1, -0.05) is 0 Å². The van der Waals surface area contributed by atoms with Crippen LogP contribution >= 0.6 is 0 Å². The minimum Gasteiger partial charge on any atom is -0.482 e. The molecule has 0 bridgehead atoms. The van der Waals surface area contributed by atoms with Crippen LogP contribution in [0.15, 0.2) is 18.3 Å². The van der Waals surface area contributed by atoms with Gasteiger partial charge in [-0.15, -0.1) is 0 Å². The highest BCUT2D eigenvalue weighted by molar-refractivity contribution is 5.77. The van der Waals surface area contributed by atoms with Crippen molar-refractivity contribution >= 4 is 5.91 Å². The van der Waals surface area contributed by atoms with E-state index in [-0.39, 0.29) is 18.6 Å². The fourth-order valence-electron chi connectivity index (χ4n) is 1.55. The van der Waals surface area contributed by atoms with Crippen LogP contribution in [0.5, 0.6) is 5.75 Å². The molecule has 0 spiro atoms. The number of nitrogens with zero attached hydrogens (tertiary/aromatic N) is 1. The zero-order chi connectivity index (χ0) is 14.1. The first-order valence-corrected chi connectivity index (χ1v) is 6.21. The average Bonchev–Trinajstić information content (AvgIpc) is 2.38. The van der Waals surface area contributed by atoms with Crippen molar-refractivity contribution < 1.29 is 14.3 Å². The van der Waals surface area contributed by atoms with Gasteiger partial charge in [0.25, 0.3) is 5.91 Å². The number of methoxy groups -OCH3 is 1. The molecule has 6 nitrogen and oxygen atoms in total. The van der Waals surface area contributed by atoms with Gasteiger partial charge in [0, 0.05) is 25.3 Å². The molecular weight excluding hydrogens is 246 g/mol. The van der Waals surface area contributed by atoms with Crippen molar-refractivity contribution in [2.24, 2.45) is 5.73 Å². The molecule has 19 heavy (non-hydrogen) atoms. The monoisotopic (exact) mass is 267 g/mol. The summed E-state index contributed by atoms with van der Waals surface area (Å²) in [6.45, 7) is 2.87. The van der Waals surface area contributed by atoms with E-state index in [0.29, 0.717) is 18.9 Å². The Hall–Kier alpha value is -1.66. The van der Waals surface area contributed by atoms with Gasteiger partial charge in [-0.25, -0.2) is 0 Å². The molecule has 1 heterocycles. The van der Waals surface area contributed by atoms with E-state index in [1.165, 1.54) is 0 Å². The first kappa shape index (κ1) is 15.4. The molecule has 0 saturated carbocycles. The standard InChI is InChI=1S/C13H21N3O3/c1-10(8-18-2)16-13(17)9-19-12-4-3-11(5-6-14)15-7-12/h3-4,7,10H,5-6,8-9,14H2,1-2H3,(H,16,17). The Kier molecular flexibility index (Phi) is 6.84. The SMILES string of the molecule is COCC(C)NC(=O)COc1ccc(CCN)nc1. The summed E-state index contributed by atoms with van der Waals surface area (Å²) in [5.41, 5.74) is 6.34. The van der Waals surface area contributed by atoms with Crippen LogP contribution in [0.3, 0.4) is 0 Å². The van der Waals surface area contributed by atoms with Gasteiger partial charge in [-0.2, -0.15) is 0 Å². The largest absolute Gasteiger partial charge is 0.482 e. The number of amides is 1. The van der Waals surface area contributed by atoms with Gasteiger partial charge in [0.1, 0.15) is 5.75 Å². The summed E-state index contributed by atoms with van der Waals surface area (Å²) < 4.78 is 10.3. The van der Waals surface area contributed by atoms with Crippen LogP contribution < -0.4 is 15.8 Å². The molecule has 0 aliphatic rings. The van der Waals surface area contributed by atoms with E-state index in [2.05, 4.69) is 10.3 Å². The van der Waals surface area contributed by atoms with Crippen LogP contribution in [0.25, 0.3) is 0 Å². The lowest BCUT2D eigenvalue weighted by Crippen LogP contribution is -2.38. The fraction of sp³-hybridized carbons (Fsp3) is 0.538. The van der Waals surface area contributed by atoms with Crippen LogP contribution in [-0.4, -0.2) is 43.8 Å². The lowest BCUT2D eigenvalue weighted by Gasteiger charge is -2.13. The van der Waals surface area contributed by atoms with E-state index in [1.54, 1.807) is 19.4 Å². The van der Waals surface area contributed by atoms with Crippen molar-refractivity contribution in [2.45, 2.75) is 19.4 Å². The van der Waals surface area contributed by atoms with E-state index in [4.69, 9.17) is 15.2 Å². The molecule has 0 saturated heterocycles. The molecular formula is C13H21N3O3. The lowest BCUT2D eigenvalue weighted by atomic mass is 10.3. The number of hydrogen-bond donors (Lipinski definition) is 2. The first-order valence-electron chi connectivity index (χ1n) is 6.21. The number of pyridine rings is 1. The van der Waals surface area contributed by atoms with Gasteiger partial charge >= 0.3 is 0 Å². The highest BCUT2D eigenvalue weighted by atomic mass is 16.5. The zero-order valence-corrected chi connectivity index (χ0v) is 11.4. The molecule has 1 amide bonds. The van der Waals surface area contributed by atoms with Crippen molar-refractivity contribution in [1.82, 2.24) is 10.3 Å². The third-order valence-corrected chi connectivity index (χ3v) is 2.39. The summed E-state index contributed by atoms with van der Waals surface area (Å²) in [6.07, 6.45) is 2.33. The van der Waals surface area contributed by atoms with Gasteiger partial charge in [0.2, 0.25) is 0 Å². The number of nitrogens with one attached hydrogen (secondary N) is 1. The Labute approximate surface area is 113 Å². The summed E-state index contributed by atoms with van der Waals surface area (Å²) in [5, 5.41) is 2.76. The van der Waals surface area contributed by atoms with Crippen LogP contribution in [0.2, 0.25) is 0 Å². The van der Waals surface area contributed by atoms with Gasteiger partial charge in [0.05, 0.1) is 12.8 Å². The number of nitrogens with two attached hydrogens (primary N) is 1. The lowest BCUT2D eigenvalue weighted by molar-refractivity contribution is -0.124. The first-order chi connectivity index (χ1) is 9.15. The zero-order valence-electron chi connectivity index (χ0n) is 11.4. The molecule has 1 rings (SSSR count). The second-order valence-corrected chi connectivity index (χ2v) is 4.24. The molecule has 0 aromatic carbocycles. The molecule has 1 unspecified atom stereocenters. The smallest absolute Gasteiger partial charge is 0.258 e. The Balaban J connectivity index is 2.33. The quantitative estimate of drug-likeness (QED) is 0.698. The number of carbonyl (C=O) groups excluding carboxylic acids is 1. The number of aromatic nitrogens is 1. The van der Waals surface area contributed by atoms with E-state index < -0.39 is 0 Å². The summed E-state index contributed by atoms with van der Waals surface area (Å²) in [4.78, 5) is 15.7. The molecule has 1 atom stereocenters. The van der Waals surface area contributed by atoms with Gasteiger partial charge in [-0.05, 0) is 25.6 Å². The Morgan fingerprint density at radius 3 is 2.89 bits per heavy atom. The number of hydrogen-bond acceptors (Lipinski definition) is 5. The number of rotatable bonds is 8. The highest BCUT2D eigenvalue weighted by Gasteiger charge is 2.07. The molecule has 0 radical (unpaired) electrons. The summed E-state index contributed by atoms with van der Waals surface area (Å²) in [6, 6.07) is 3.59. The molecule has 1 aromatic rings.